The van der Waals surface area contributed by atoms with Crippen LogP contribution >= 0.6 is 0 Å². The van der Waals surface area contributed by atoms with E-state index < -0.39 is 11.9 Å². The minimum atomic E-state index is -4.53. The number of alkyl halides is 3. The third kappa shape index (κ3) is 1.57. The van der Waals surface area contributed by atoms with Crippen molar-refractivity contribution in [2.24, 2.45) is 7.05 Å². The van der Waals surface area contributed by atoms with Crippen LogP contribution in [0.4, 0.5) is 13.2 Å². The number of nitriles is 1. The number of fused-ring (bicyclic) bond motifs is 1. The lowest BCUT2D eigenvalue weighted by Crippen LogP contribution is -2.12. The Balaban J connectivity index is 3.08. The number of benzene rings is 1. The number of aromatic nitrogens is 1. The Hall–Kier alpha value is -1.96. The van der Waals surface area contributed by atoms with Crippen LogP contribution in [0.15, 0.2) is 12.1 Å². The van der Waals surface area contributed by atoms with Crippen molar-refractivity contribution in [3.05, 3.63) is 34.5 Å². The van der Waals surface area contributed by atoms with Gasteiger partial charge in [0.2, 0.25) is 0 Å². The Morgan fingerprint density at radius 1 is 1.17 bits per heavy atom. The molecule has 0 unspecified atom stereocenters. The van der Waals surface area contributed by atoms with Gasteiger partial charge in [0.15, 0.2) is 0 Å². The summed E-state index contributed by atoms with van der Waals surface area (Å²) in [6.45, 7) is 3.45. The predicted molar refractivity (Wildman–Crippen MR) is 62.1 cm³/mol. The molecule has 2 nitrogen and oxygen atoms in total. The maximum atomic E-state index is 13.0. The smallest absolute Gasteiger partial charge is 0.339 e. The molecule has 0 spiro atoms. The van der Waals surface area contributed by atoms with Crippen molar-refractivity contribution in [3.8, 4) is 6.07 Å². The highest BCUT2D eigenvalue weighted by Gasteiger charge is 2.39. The molecule has 0 radical (unpaired) electrons. The van der Waals surface area contributed by atoms with Gasteiger partial charge in [0.25, 0.3) is 0 Å². The van der Waals surface area contributed by atoms with Crippen molar-refractivity contribution in [2.75, 3.05) is 0 Å². The Bertz CT molecular complexity index is 672. The molecule has 18 heavy (non-hydrogen) atoms. The van der Waals surface area contributed by atoms with Crippen LogP contribution in [0.1, 0.15) is 22.4 Å². The maximum Gasteiger partial charge on any atom is 0.432 e. The average Bonchev–Trinajstić information content (AvgIpc) is 2.57. The summed E-state index contributed by atoms with van der Waals surface area (Å²) >= 11 is 0. The molecule has 0 bridgehead atoms. The third-order valence-electron chi connectivity index (χ3n) is 3.13. The van der Waals surface area contributed by atoms with Gasteiger partial charge >= 0.3 is 6.18 Å². The van der Waals surface area contributed by atoms with E-state index in [4.69, 9.17) is 5.26 Å². The molecule has 1 heterocycles. The molecule has 0 saturated heterocycles. The number of hydrogen-bond acceptors (Lipinski definition) is 1. The van der Waals surface area contributed by atoms with E-state index >= 15 is 0 Å². The van der Waals surface area contributed by atoms with Gasteiger partial charge in [0.05, 0.1) is 11.1 Å². The van der Waals surface area contributed by atoms with Crippen molar-refractivity contribution < 1.29 is 13.2 Å². The van der Waals surface area contributed by atoms with Crippen LogP contribution in [0, 0.1) is 25.2 Å². The fraction of sp³-hybridized carbons (Fsp3) is 0.308. The van der Waals surface area contributed by atoms with E-state index in [2.05, 4.69) is 0 Å². The number of nitrogens with zero attached hydrogens (tertiary/aromatic N) is 2. The van der Waals surface area contributed by atoms with Gasteiger partial charge in [-0.1, -0.05) is 12.1 Å². The monoisotopic (exact) mass is 252 g/mol. The molecule has 0 saturated carbocycles. The van der Waals surface area contributed by atoms with E-state index in [9.17, 15) is 13.2 Å². The van der Waals surface area contributed by atoms with Gasteiger partial charge in [-0.3, -0.25) is 0 Å². The molecule has 1 aromatic heterocycles. The molecule has 0 atom stereocenters. The quantitative estimate of drug-likeness (QED) is 0.703. The summed E-state index contributed by atoms with van der Waals surface area (Å²) < 4.78 is 40.1. The number of halogens is 3. The van der Waals surface area contributed by atoms with Crippen molar-refractivity contribution >= 4 is 10.9 Å². The maximum absolute atomic E-state index is 13.0. The second kappa shape index (κ2) is 3.77. The Morgan fingerprint density at radius 2 is 1.72 bits per heavy atom. The van der Waals surface area contributed by atoms with Crippen LogP contribution in [-0.4, -0.2) is 4.57 Å². The lowest BCUT2D eigenvalue weighted by Gasteiger charge is -2.09. The highest BCUT2D eigenvalue weighted by atomic mass is 19.4. The van der Waals surface area contributed by atoms with Crippen molar-refractivity contribution in [1.29, 1.82) is 5.26 Å². The topological polar surface area (TPSA) is 28.7 Å². The Kier molecular flexibility index (Phi) is 2.62. The first-order valence-electron chi connectivity index (χ1n) is 5.35. The van der Waals surface area contributed by atoms with E-state index in [0.29, 0.717) is 16.5 Å². The van der Waals surface area contributed by atoms with Crippen LogP contribution in [-0.2, 0) is 13.2 Å². The van der Waals surface area contributed by atoms with E-state index in [1.54, 1.807) is 32.0 Å². The Labute approximate surface area is 102 Å². The summed E-state index contributed by atoms with van der Waals surface area (Å²) in [4.78, 5) is 0. The molecule has 0 aliphatic rings. The van der Waals surface area contributed by atoms with Crippen LogP contribution in [0.5, 0.6) is 0 Å². The molecule has 0 amide bonds. The van der Waals surface area contributed by atoms with Crippen LogP contribution in [0.3, 0.4) is 0 Å². The zero-order valence-electron chi connectivity index (χ0n) is 10.2. The fourth-order valence-corrected chi connectivity index (χ4v) is 2.38. The minimum Gasteiger partial charge on any atom is -0.339 e. The first-order valence-corrected chi connectivity index (χ1v) is 5.35. The van der Waals surface area contributed by atoms with Crippen LogP contribution in [0.25, 0.3) is 10.9 Å². The predicted octanol–water partition coefficient (Wildman–Crippen LogP) is 3.69. The first-order chi connectivity index (χ1) is 8.29. The van der Waals surface area contributed by atoms with Crippen molar-refractivity contribution in [1.82, 2.24) is 4.57 Å². The van der Waals surface area contributed by atoms with Gasteiger partial charge in [-0.05, 0) is 25.0 Å². The molecule has 1 aromatic carbocycles. The molecule has 2 aromatic rings. The summed E-state index contributed by atoms with van der Waals surface area (Å²) in [5, 5.41) is 9.44. The average molecular weight is 252 g/mol. The van der Waals surface area contributed by atoms with Gasteiger partial charge in [-0.25, -0.2) is 0 Å². The summed E-state index contributed by atoms with van der Waals surface area (Å²) in [5.74, 6) is 0. The Morgan fingerprint density at radius 3 is 2.22 bits per heavy atom. The lowest BCUT2D eigenvalue weighted by molar-refractivity contribution is -0.143. The number of hydrogen-bond donors (Lipinski definition) is 0. The number of aryl methyl sites for hydroxylation is 3. The zero-order chi connectivity index (χ0) is 13.7. The second-order valence-electron chi connectivity index (χ2n) is 4.32. The molecule has 0 N–H and O–H groups in total. The molecule has 0 fully saturated rings. The van der Waals surface area contributed by atoms with Crippen LogP contribution < -0.4 is 0 Å². The molecule has 0 aliphatic heterocycles. The SMILES string of the molecule is Cc1ccc(C)c2c1c(C#N)c(C(F)(F)F)n2C. The van der Waals surface area contributed by atoms with Crippen LogP contribution in [0.2, 0.25) is 0 Å². The van der Waals surface area contributed by atoms with Crippen molar-refractivity contribution in [3.63, 3.8) is 0 Å². The van der Waals surface area contributed by atoms with Gasteiger partial charge in [-0.2, -0.15) is 18.4 Å². The summed E-state index contributed by atoms with van der Waals surface area (Å²) in [6.07, 6.45) is -4.53. The first kappa shape index (κ1) is 12.5. The highest BCUT2D eigenvalue weighted by Crippen LogP contribution is 2.39. The molecule has 5 heteroatoms. The molecule has 0 aliphatic carbocycles. The van der Waals surface area contributed by atoms with Gasteiger partial charge in [-0.15, -0.1) is 0 Å². The van der Waals surface area contributed by atoms with E-state index in [-0.39, 0.29) is 5.56 Å². The highest BCUT2D eigenvalue weighted by molar-refractivity contribution is 5.93. The van der Waals surface area contributed by atoms with E-state index in [0.717, 1.165) is 10.1 Å². The molecule has 2 rings (SSSR count). The molecular formula is C13H11F3N2. The van der Waals surface area contributed by atoms with Gasteiger partial charge < -0.3 is 4.57 Å². The third-order valence-corrected chi connectivity index (χ3v) is 3.13. The second-order valence-corrected chi connectivity index (χ2v) is 4.32. The summed E-state index contributed by atoms with van der Waals surface area (Å²) in [6, 6.07) is 5.19. The largest absolute Gasteiger partial charge is 0.432 e. The number of rotatable bonds is 0. The summed E-state index contributed by atoms with van der Waals surface area (Å²) in [7, 11) is 1.35. The fourth-order valence-electron chi connectivity index (χ4n) is 2.38. The molecule has 94 valence electrons. The summed E-state index contributed by atoms with van der Waals surface area (Å²) in [5.41, 5.74) is 0.709. The normalized spacial score (nSPS) is 11.8. The van der Waals surface area contributed by atoms with Gasteiger partial charge in [0.1, 0.15) is 11.8 Å². The minimum absolute atomic E-state index is 0.291. The molecular weight excluding hydrogens is 241 g/mol. The van der Waals surface area contributed by atoms with Gasteiger partial charge in [0, 0.05) is 12.4 Å². The van der Waals surface area contributed by atoms with E-state index in [1.165, 1.54) is 7.05 Å². The lowest BCUT2D eigenvalue weighted by atomic mass is 10.0. The zero-order valence-corrected chi connectivity index (χ0v) is 10.2. The van der Waals surface area contributed by atoms with E-state index in [1.807, 2.05) is 0 Å². The standard InChI is InChI=1S/C13H11F3N2/c1-7-4-5-8(2)11-10(7)9(6-17)12(18(11)3)13(14,15)16/h4-5H,1-3H3. The van der Waals surface area contributed by atoms with Crippen molar-refractivity contribution in [2.45, 2.75) is 20.0 Å².